The van der Waals surface area contributed by atoms with E-state index in [9.17, 15) is 9.59 Å². The number of hydrogen-bond donors (Lipinski definition) is 1. The molecule has 0 saturated carbocycles. The molecule has 1 aliphatic rings. The van der Waals surface area contributed by atoms with Gasteiger partial charge in [0.15, 0.2) is 0 Å². The number of rotatable bonds is 2. The molecule has 1 aliphatic heterocycles. The Balaban J connectivity index is 2.15. The van der Waals surface area contributed by atoms with Crippen LogP contribution < -0.4 is 5.32 Å². The van der Waals surface area contributed by atoms with Crippen molar-refractivity contribution in [1.29, 1.82) is 0 Å². The monoisotopic (exact) mass is 237 g/mol. The average Bonchev–Trinajstić information content (AvgIpc) is 2.59. The third-order valence-corrected chi connectivity index (χ3v) is 2.60. The second-order valence-corrected chi connectivity index (χ2v) is 4.70. The zero-order chi connectivity index (χ0) is 12.6. The van der Waals surface area contributed by atoms with Crippen molar-refractivity contribution in [2.75, 3.05) is 6.54 Å². The Morgan fingerprint density at radius 1 is 1.53 bits per heavy atom. The largest absolute Gasteiger partial charge is 0.444 e. The topological polar surface area (TPSA) is 75.4 Å². The van der Waals surface area contributed by atoms with Crippen LogP contribution in [0.15, 0.2) is 10.6 Å². The molecule has 1 aromatic rings. The predicted molar refractivity (Wildman–Crippen MR) is 58.9 cm³/mol. The molecule has 2 heterocycles. The SMILES string of the molecule is Cc1cnc(CN2CC(=O)NC(C)(C)C2=O)o1. The van der Waals surface area contributed by atoms with Crippen molar-refractivity contribution in [3.63, 3.8) is 0 Å². The van der Waals surface area contributed by atoms with Gasteiger partial charge in [0.05, 0.1) is 12.7 Å². The maximum atomic E-state index is 12.0. The predicted octanol–water partition coefficient (Wildman–Crippen LogP) is 0.220. The molecule has 1 fully saturated rings. The van der Waals surface area contributed by atoms with Crippen LogP contribution in [0.2, 0.25) is 0 Å². The van der Waals surface area contributed by atoms with Crippen LogP contribution in [0, 0.1) is 6.92 Å². The highest BCUT2D eigenvalue weighted by molar-refractivity contribution is 5.97. The molecule has 0 unspecified atom stereocenters. The van der Waals surface area contributed by atoms with Gasteiger partial charge in [-0.1, -0.05) is 0 Å². The van der Waals surface area contributed by atoms with Crippen LogP contribution in [0.4, 0.5) is 0 Å². The van der Waals surface area contributed by atoms with E-state index in [-0.39, 0.29) is 24.9 Å². The summed E-state index contributed by atoms with van der Waals surface area (Å²) in [4.78, 5) is 29.0. The Bertz CT molecular complexity index is 464. The molecule has 6 heteroatoms. The summed E-state index contributed by atoms with van der Waals surface area (Å²) in [6, 6.07) is 0. The third-order valence-electron chi connectivity index (χ3n) is 2.60. The number of carbonyl (C=O) groups excluding carboxylic acids is 2. The summed E-state index contributed by atoms with van der Waals surface area (Å²) in [7, 11) is 0. The molecular weight excluding hydrogens is 222 g/mol. The van der Waals surface area contributed by atoms with E-state index in [1.165, 1.54) is 4.90 Å². The number of nitrogens with zero attached hydrogens (tertiary/aromatic N) is 2. The molecular formula is C11H15N3O3. The molecule has 1 saturated heterocycles. The van der Waals surface area contributed by atoms with Gasteiger partial charge in [-0.15, -0.1) is 0 Å². The van der Waals surface area contributed by atoms with Gasteiger partial charge in [0.1, 0.15) is 17.8 Å². The zero-order valence-corrected chi connectivity index (χ0v) is 10.1. The lowest BCUT2D eigenvalue weighted by molar-refractivity contribution is -0.149. The third kappa shape index (κ3) is 2.30. The van der Waals surface area contributed by atoms with E-state index in [0.717, 1.165) is 0 Å². The van der Waals surface area contributed by atoms with E-state index < -0.39 is 5.54 Å². The van der Waals surface area contributed by atoms with Crippen LogP contribution in [0.3, 0.4) is 0 Å². The van der Waals surface area contributed by atoms with Crippen LogP contribution in [0.5, 0.6) is 0 Å². The van der Waals surface area contributed by atoms with Crippen LogP contribution in [-0.2, 0) is 16.1 Å². The Morgan fingerprint density at radius 2 is 2.24 bits per heavy atom. The summed E-state index contributed by atoms with van der Waals surface area (Å²) in [5, 5.41) is 2.65. The van der Waals surface area contributed by atoms with Gasteiger partial charge in [0, 0.05) is 0 Å². The van der Waals surface area contributed by atoms with E-state index in [0.29, 0.717) is 11.7 Å². The summed E-state index contributed by atoms with van der Waals surface area (Å²) in [5.74, 6) is 0.834. The van der Waals surface area contributed by atoms with E-state index in [4.69, 9.17) is 4.42 Å². The molecule has 2 rings (SSSR count). The van der Waals surface area contributed by atoms with E-state index in [2.05, 4.69) is 10.3 Å². The lowest BCUT2D eigenvalue weighted by atomic mass is 10.0. The Labute approximate surface area is 99.0 Å². The summed E-state index contributed by atoms with van der Waals surface area (Å²) in [5.41, 5.74) is -0.864. The maximum absolute atomic E-state index is 12.0. The fraction of sp³-hybridized carbons (Fsp3) is 0.545. The summed E-state index contributed by atoms with van der Waals surface area (Å²) >= 11 is 0. The van der Waals surface area contributed by atoms with Crippen molar-refractivity contribution in [2.24, 2.45) is 0 Å². The number of aromatic nitrogens is 1. The highest BCUT2D eigenvalue weighted by Gasteiger charge is 2.39. The molecule has 17 heavy (non-hydrogen) atoms. The molecule has 2 amide bonds. The van der Waals surface area contributed by atoms with Crippen molar-refractivity contribution in [2.45, 2.75) is 32.9 Å². The van der Waals surface area contributed by atoms with Gasteiger partial charge in [0.2, 0.25) is 17.7 Å². The normalized spacial score (nSPS) is 19.4. The van der Waals surface area contributed by atoms with Crippen molar-refractivity contribution < 1.29 is 14.0 Å². The highest BCUT2D eigenvalue weighted by atomic mass is 16.4. The van der Waals surface area contributed by atoms with Gasteiger partial charge in [-0.25, -0.2) is 4.98 Å². The molecule has 6 nitrogen and oxygen atoms in total. The number of nitrogens with one attached hydrogen (secondary N) is 1. The minimum atomic E-state index is -0.864. The number of oxazole rings is 1. The molecule has 0 aromatic carbocycles. The van der Waals surface area contributed by atoms with Gasteiger partial charge < -0.3 is 14.6 Å². The molecule has 0 radical (unpaired) electrons. The second kappa shape index (κ2) is 3.87. The van der Waals surface area contributed by atoms with Crippen molar-refractivity contribution in [3.05, 3.63) is 17.8 Å². The van der Waals surface area contributed by atoms with E-state index in [1.54, 1.807) is 27.0 Å². The first kappa shape index (κ1) is 11.6. The Hall–Kier alpha value is -1.85. The van der Waals surface area contributed by atoms with E-state index >= 15 is 0 Å². The first-order valence-electron chi connectivity index (χ1n) is 5.40. The van der Waals surface area contributed by atoms with Crippen molar-refractivity contribution in [3.8, 4) is 0 Å². The molecule has 0 bridgehead atoms. The van der Waals surface area contributed by atoms with Gasteiger partial charge >= 0.3 is 0 Å². The van der Waals surface area contributed by atoms with Crippen LogP contribution in [0.1, 0.15) is 25.5 Å². The Morgan fingerprint density at radius 3 is 2.82 bits per heavy atom. The second-order valence-electron chi connectivity index (χ2n) is 4.70. The highest BCUT2D eigenvalue weighted by Crippen LogP contribution is 2.16. The van der Waals surface area contributed by atoms with Crippen LogP contribution in [-0.4, -0.2) is 33.8 Å². The molecule has 92 valence electrons. The van der Waals surface area contributed by atoms with Crippen molar-refractivity contribution in [1.82, 2.24) is 15.2 Å². The lowest BCUT2D eigenvalue weighted by Gasteiger charge is -2.36. The minimum absolute atomic E-state index is 0.0453. The maximum Gasteiger partial charge on any atom is 0.248 e. The quantitative estimate of drug-likeness (QED) is 0.798. The molecule has 0 spiro atoms. The zero-order valence-electron chi connectivity index (χ0n) is 10.1. The van der Waals surface area contributed by atoms with Gasteiger partial charge in [0.25, 0.3) is 0 Å². The lowest BCUT2D eigenvalue weighted by Crippen LogP contribution is -2.63. The van der Waals surface area contributed by atoms with Gasteiger partial charge in [-0.3, -0.25) is 9.59 Å². The molecule has 0 atom stereocenters. The average molecular weight is 237 g/mol. The number of piperazine rings is 1. The number of hydrogen-bond acceptors (Lipinski definition) is 4. The van der Waals surface area contributed by atoms with Gasteiger partial charge in [-0.05, 0) is 20.8 Å². The first-order valence-corrected chi connectivity index (χ1v) is 5.40. The summed E-state index contributed by atoms with van der Waals surface area (Å²) in [6.07, 6.45) is 1.59. The Kier molecular flexibility index (Phi) is 2.65. The smallest absolute Gasteiger partial charge is 0.248 e. The molecule has 1 N–H and O–H groups in total. The standard InChI is InChI=1S/C11H15N3O3/c1-7-4-12-9(17-7)6-14-5-8(15)13-11(2,3)10(14)16/h4H,5-6H2,1-3H3,(H,13,15). The minimum Gasteiger partial charge on any atom is -0.444 e. The fourth-order valence-corrected chi connectivity index (χ4v) is 1.85. The summed E-state index contributed by atoms with van der Waals surface area (Å²) < 4.78 is 5.30. The first-order chi connectivity index (χ1) is 7.88. The van der Waals surface area contributed by atoms with Crippen molar-refractivity contribution >= 4 is 11.8 Å². The van der Waals surface area contributed by atoms with E-state index in [1.807, 2.05) is 0 Å². The van der Waals surface area contributed by atoms with Crippen LogP contribution in [0.25, 0.3) is 0 Å². The van der Waals surface area contributed by atoms with Crippen LogP contribution >= 0.6 is 0 Å². The molecule has 1 aromatic heterocycles. The fourth-order valence-electron chi connectivity index (χ4n) is 1.85. The summed E-state index contributed by atoms with van der Waals surface area (Å²) in [6.45, 7) is 5.42. The van der Waals surface area contributed by atoms with Gasteiger partial charge in [-0.2, -0.15) is 0 Å². The number of amides is 2. The number of carbonyl (C=O) groups is 2. The number of aryl methyl sites for hydroxylation is 1. The molecule has 0 aliphatic carbocycles.